The van der Waals surface area contributed by atoms with Crippen molar-refractivity contribution in [3.63, 3.8) is 0 Å². The molecule has 1 aliphatic heterocycles. The Labute approximate surface area is 137 Å². The van der Waals surface area contributed by atoms with Crippen LogP contribution in [0.1, 0.15) is 18.4 Å². The molecule has 8 heteroatoms. The molecule has 0 spiro atoms. The van der Waals surface area contributed by atoms with E-state index in [-0.39, 0.29) is 19.4 Å². The molecule has 128 valence electrons. The van der Waals surface area contributed by atoms with Gasteiger partial charge < -0.3 is 15.8 Å². The molecular weight excluding hydrogens is 333 g/mol. The summed E-state index contributed by atoms with van der Waals surface area (Å²) in [7, 11) is 0. The molecule has 1 atom stereocenters. The number of anilines is 1. The lowest BCUT2D eigenvalue weighted by molar-refractivity contribution is -0.175. The second-order valence-electron chi connectivity index (χ2n) is 5.37. The quantitative estimate of drug-likeness (QED) is 0.801. The van der Waals surface area contributed by atoms with Crippen LogP contribution in [0.25, 0.3) is 0 Å². The van der Waals surface area contributed by atoms with Crippen LogP contribution in [0.2, 0.25) is 5.02 Å². The zero-order chi connectivity index (χ0) is 17.0. The van der Waals surface area contributed by atoms with Gasteiger partial charge in [-0.1, -0.05) is 11.6 Å². The Balaban J connectivity index is 2.19. The molecule has 1 aliphatic rings. The van der Waals surface area contributed by atoms with E-state index < -0.39 is 17.9 Å². The third-order valence-electron chi connectivity index (χ3n) is 3.74. The van der Waals surface area contributed by atoms with Crippen molar-refractivity contribution in [2.24, 2.45) is 11.7 Å². The number of rotatable bonds is 5. The highest BCUT2D eigenvalue weighted by atomic mass is 35.5. The van der Waals surface area contributed by atoms with Crippen LogP contribution in [0.5, 0.6) is 5.75 Å². The van der Waals surface area contributed by atoms with Crippen LogP contribution in [0.4, 0.5) is 18.9 Å². The molecule has 0 saturated heterocycles. The Morgan fingerprint density at radius 2 is 2.17 bits per heavy atom. The molecule has 0 bridgehead atoms. The lowest BCUT2D eigenvalue weighted by atomic mass is 9.96. The first-order valence-electron chi connectivity index (χ1n) is 7.33. The van der Waals surface area contributed by atoms with E-state index in [1.165, 1.54) is 0 Å². The largest absolute Gasteiger partial charge is 0.492 e. The second kappa shape index (κ2) is 7.40. The number of hydrogen-bond donors (Lipinski definition) is 2. The summed E-state index contributed by atoms with van der Waals surface area (Å²) in [5.41, 5.74) is 6.77. The minimum Gasteiger partial charge on any atom is -0.492 e. The summed E-state index contributed by atoms with van der Waals surface area (Å²) in [4.78, 5) is 11.5. The summed E-state index contributed by atoms with van der Waals surface area (Å²) in [6, 6.07) is 3.31. The van der Waals surface area contributed by atoms with E-state index in [0.717, 1.165) is 0 Å². The monoisotopic (exact) mass is 350 g/mol. The molecule has 23 heavy (non-hydrogen) atoms. The molecule has 0 aliphatic carbocycles. The van der Waals surface area contributed by atoms with E-state index in [1.807, 2.05) is 0 Å². The van der Waals surface area contributed by atoms with Gasteiger partial charge in [0.05, 0.1) is 11.6 Å². The van der Waals surface area contributed by atoms with Gasteiger partial charge in [-0.2, -0.15) is 13.2 Å². The Bertz CT molecular complexity index is 579. The lowest BCUT2D eigenvalue weighted by Gasteiger charge is -2.15. The predicted molar refractivity (Wildman–Crippen MR) is 82.0 cm³/mol. The van der Waals surface area contributed by atoms with Gasteiger partial charge in [0.2, 0.25) is 5.78 Å². The van der Waals surface area contributed by atoms with E-state index in [1.54, 1.807) is 12.1 Å². The van der Waals surface area contributed by atoms with E-state index in [9.17, 15) is 18.0 Å². The first-order valence-corrected chi connectivity index (χ1v) is 7.71. The van der Waals surface area contributed by atoms with Crippen LogP contribution in [-0.4, -0.2) is 31.7 Å². The highest BCUT2D eigenvalue weighted by Crippen LogP contribution is 2.38. The molecule has 2 rings (SSSR count). The van der Waals surface area contributed by atoms with Crippen molar-refractivity contribution in [1.82, 2.24) is 0 Å². The summed E-state index contributed by atoms with van der Waals surface area (Å²) >= 11 is 6.13. The normalized spacial score (nSPS) is 17.9. The van der Waals surface area contributed by atoms with Gasteiger partial charge in [-0.3, -0.25) is 4.79 Å². The number of Topliss-reactive ketones (excluding diaryl/α,β-unsaturated/α-hetero) is 1. The van der Waals surface area contributed by atoms with Gasteiger partial charge in [-0.15, -0.1) is 0 Å². The second-order valence-corrected chi connectivity index (χ2v) is 5.78. The van der Waals surface area contributed by atoms with Crippen molar-refractivity contribution in [1.29, 1.82) is 0 Å². The molecule has 3 N–H and O–H groups in total. The average molecular weight is 351 g/mol. The van der Waals surface area contributed by atoms with Gasteiger partial charge in [0.15, 0.2) is 0 Å². The Morgan fingerprint density at radius 1 is 1.43 bits per heavy atom. The molecule has 4 nitrogen and oxygen atoms in total. The zero-order valence-corrected chi connectivity index (χ0v) is 13.1. The van der Waals surface area contributed by atoms with Crippen molar-refractivity contribution in [3.8, 4) is 5.75 Å². The van der Waals surface area contributed by atoms with E-state index in [4.69, 9.17) is 22.1 Å². The number of nitrogens with one attached hydrogen (secondary N) is 1. The number of ether oxygens (including phenoxy) is 1. The highest BCUT2D eigenvalue weighted by Gasteiger charge is 2.43. The SMILES string of the molecule is NCCCOc1c(Cl)ccc2c1CCC(C(=O)C(F)(F)F)CN2. The number of hydrogen-bond acceptors (Lipinski definition) is 4. The van der Waals surface area contributed by atoms with Crippen molar-refractivity contribution < 1.29 is 22.7 Å². The minimum absolute atomic E-state index is 0.0603. The van der Waals surface area contributed by atoms with Crippen LogP contribution in [0, 0.1) is 5.92 Å². The molecule has 0 aromatic heterocycles. The maximum Gasteiger partial charge on any atom is 0.450 e. The summed E-state index contributed by atoms with van der Waals surface area (Å²) < 4.78 is 43.5. The van der Waals surface area contributed by atoms with Crippen molar-refractivity contribution in [3.05, 3.63) is 22.7 Å². The standard InChI is InChI=1S/C15H18ClF3N2O2/c16-11-4-5-12-10(13(11)23-7-1-6-20)3-2-9(8-21-12)14(22)15(17,18)19/h4-5,9,21H,1-3,6-8,20H2. The number of ketones is 1. The third kappa shape index (κ3) is 4.29. The van der Waals surface area contributed by atoms with E-state index in [0.29, 0.717) is 41.6 Å². The Morgan fingerprint density at radius 3 is 2.83 bits per heavy atom. The first kappa shape index (κ1) is 17.9. The van der Waals surface area contributed by atoms with Gasteiger partial charge in [0.1, 0.15) is 5.75 Å². The molecule has 1 aromatic carbocycles. The molecule has 0 saturated carbocycles. The number of halogens is 4. The van der Waals surface area contributed by atoms with Crippen molar-refractivity contribution in [2.45, 2.75) is 25.4 Å². The fourth-order valence-electron chi connectivity index (χ4n) is 2.54. The first-order chi connectivity index (χ1) is 10.8. The van der Waals surface area contributed by atoms with Crippen LogP contribution >= 0.6 is 11.6 Å². The fraction of sp³-hybridized carbons (Fsp3) is 0.533. The summed E-state index contributed by atoms with van der Waals surface area (Å²) in [6.45, 7) is 0.778. The number of benzene rings is 1. The third-order valence-corrected chi connectivity index (χ3v) is 4.04. The summed E-state index contributed by atoms with van der Waals surface area (Å²) in [5.74, 6) is -2.36. The molecular formula is C15H18ClF3N2O2. The van der Waals surface area contributed by atoms with Crippen LogP contribution < -0.4 is 15.8 Å². The average Bonchev–Trinajstić information content (AvgIpc) is 2.70. The topological polar surface area (TPSA) is 64.3 Å². The highest BCUT2D eigenvalue weighted by molar-refractivity contribution is 6.32. The van der Waals surface area contributed by atoms with Crippen LogP contribution in [0.3, 0.4) is 0 Å². The molecule has 1 unspecified atom stereocenters. The number of nitrogens with two attached hydrogens (primary N) is 1. The van der Waals surface area contributed by atoms with Gasteiger partial charge in [-0.25, -0.2) is 0 Å². The number of carbonyl (C=O) groups excluding carboxylic acids is 1. The number of alkyl halides is 3. The Hall–Kier alpha value is -1.47. The molecule has 0 amide bonds. The van der Waals surface area contributed by atoms with E-state index in [2.05, 4.69) is 5.32 Å². The van der Waals surface area contributed by atoms with Gasteiger partial charge in [0.25, 0.3) is 0 Å². The number of fused-ring (bicyclic) bond motifs is 1. The van der Waals surface area contributed by atoms with Crippen molar-refractivity contribution >= 4 is 23.1 Å². The van der Waals surface area contributed by atoms with Gasteiger partial charge >= 0.3 is 6.18 Å². The number of carbonyl (C=O) groups is 1. The molecule has 0 radical (unpaired) electrons. The maximum atomic E-state index is 12.6. The molecule has 1 heterocycles. The Kier molecular flexibility index (Phi) is 5.75. The van der Waals surface area contributed by atoms with Crippen LogP contribution in [0.15, 0.2) is 12.1 Å². The minimum atomic E-state index is -4.82. The van der Waals surface area contributed by atoms with Crippen molar-refractivity contribution in [2.75, 3.05) is 25.0 Å². The molecule has 1 aromatic rings. The lowest BCUT2D eigenvalue weighted by Crippen LogP contribution is -2.34. The summed E-state index contributed by atoms with van der Waals surface area (Å²) in [6.07, 6.45) is -3.80. The predicted octanol–water partition coefficient (Wildman–Crippen LogP) is 3.17. The zero-order valence-electron chi connectivity index (χ0n) is 12.4. The summed E-state index contributed by atoms with van der Waals surface area (Å²) in [5, 5.41) is 3.29. The molecule has 0 fully saturated rings. The van der Waals surface area contributed by atoms with Crippen LogP contribution in [-0.2, 0) is 11.2 Å². The smallest absolute Gasteiger partial charge is 0.450 e. The fourth-order valence-corrected chi connectivity index (χ4v) is 2.77. The van der Waals surface area contributed by atoms with Gasteiger partial charge in [-0.05, 0) is 37.9 Å². The van der Waals surface area contributed by atoms with E-state index >= 15 is 0 Å². The maximum absolute atomic E-state index is 12.6. The van der Waals surface area contributed by atoms with Gasteiger partial charge in [0, 0.05) is 23.7 Å².